The van der Waals surface area contributed by atoms with Crippen molar-refractivity contribution < 1.29 is 14.3 Å². The highest BCUT2D eigenvalue weighted by Gasteiger charge is 2.51. The van der Waals surface area contributed by atoms with Crippen LogP contribution in [0.25, 0.3) is 0 Å². The highest BCUT2D eigenvalue weighted by Crippen LogP contribution is 2.45. The number of carbonyl (C=O) groups is 1. The standard InChI is InChI=1S/C22H25NO3/c1-25-19-10-5-7-17(15-19)12-14-22-13-6-11-21(24)23(22)20(16-26-22)18-8-3-2-4-9-18/h2-5,7-10,15,20H,6,11-14,16H2,1H3/t20-,22?/m0/s1. The molecule has 26 heavy (non-hydrogen) atoms. The van der Waals surface area contributed by atoms with Gasteiger partial charge in [0.2, 0.25) is 5.91 Å². The van der Waals surface area contributed by atoms with Gasteiger partial charge in [-0.1, -0.05) is 42.5 Å². The van der Waals surface area contributed by atoms with E-state index in [1.165, 1.54) is 5.56 Å². The van der Waals surface area contributed by atoms with Crippen LogP contribution in [0.1, 0.15) is 42.9 Å². The maximum absolute atomic E-state index is 12.8. The van der Waals surface area contributed by atoms with Crippen molar-refractivity contribution >= 4 is 5.91 Å². The topological polar surface area (TPSA) is 38.8 Å². The third-order valence-electron chi connectivity index (χ3n) is 5.61. The first-order valence-corrected chi connectivity index (χ1v) is 9.36. The van der Waals surface area contributed by atoms with Crippen LogP contribution in [0.3, 0.4) is 0 Å². The lowest BCUT2D eigenvalue weighted by atomic mass is 9.90. The second kappa shape index (κ2) is 7.12. The van der Waals surface area contributed by atoms with E-state index in [2.05, 4.69) is 24.3 Å². The molecule has 2 aliphatic heterocycles. The molecule has 2 atom stereocenters. The first-order valence-electron chi connectivity index (χ1n) is 9.36. The Kier molecular flexibility index (Phi) is 4.68. The minimum absolute atomic E-state index is 0.0225. The number of aryl methyl sites for hydroxylation is 1. The predicted octanol–water partition coefficient (Wildman–Crippen LogP) is 4.11. The van der Waals surface area contributed by atoms with Crippen LogP contribution in [-0.4, -0.2) is 30.2 Å². The number of amides is 1. The van der Waals surface area contributed by atoms with E-state index in [-0.39, 0.29) is 11.9 Å². The predicted molar refractivity (Wildman–Crippen MR) is 99.9 cm³/mol. The molecule has 4 heteroatoms. The lowest BCUT2D eigenvalue weighted by Gasteiger charge is -2.43. The molecule has 0 aromatic heterocycles. The molecular formula is C22H25NO3. The first-order chi connectivity index (χ1) is 12.7. The molecule has 0 bridgehead atoms. The quantitative estimate of drug-likeness (QED) is 0.814. The van der Waals surface area contributed by atoms with Crippen molar-refractivity contribution in [3.63, 3.8) is 0 Å². The molecule has 0 spiro atoms. The van der Waals surface area contributed by atoms with E-state index in [0.717, 1.165) is 37.0 Å². The lowest BCUT2D eigenvalue weighted by Crippen LogP contribution is -2.52. The van der Waals surface area contributed by atoms with Crippen molar-refractivity contribution in [1.29, 1.82) is 0 Å². The fourth-order valence-corrected chi connectivity index (χ4v) is 4.30. The minimum Gasteiger partial charge on any atom is -0.497 e. The van der Waals surface area contributed by atoms with Gasteiger partial charge in [0.15, 0.2) is 0 Å². The van der Waals surface area contributed by atoms with Gasteiger partial charge in [-0.05, 0) is 48.9 Å². The lowest BCUT2D eigenvalue weighted by molar-refractivity contribution is -0.162. The summed E-state index contributed by atoms with van der Waals surface area (Å²) in [5.74, 6) is 1.08. The van der Waals surface area contributed by atoms with Gasteiger partial charge in [-0.15, -0.1) is 0 Å². The number of ether oxygens (including phenoxy) is 2. The summed E-state index contributed by atoms with van der Waals surface area (Å²) in [6.45, 7) is 0.577. The summed E-state index contributed by atoms with van der Waals surface area (Å²) in [4.78, 5) is 14.8. The van der Waals surface area contributed by atoms with Gasteiger partial charge in [0.1, 0.15) is 11.5 Å². The van der Waals surface area contributed by atoms with Crippen molar-refractivity contribution in [3.05, 3.63) is 65.7 Å². The van der Waals surface area contributed by atoms with Gasteiger partial charge >= 0.3 is 0 Å². The number of carbonyl (C=O) groups excluding carboxylic acids is 1. The number of fused-ring (bicyclic) bond motifs is 1. The zero-order chi connectivity index (χ0) is 18.0. The fraction of sp³-hybridized carbons (Fsp3) is 0.409. The van der Waals surface area contributed by atoms with Crippen molar-refractivity contribution in [3.8, 4) is 5.75 Å². The Bertz CT molecular complexity index is 776. The Morgan fingerprint density at radius 3 is 2.85 bits per heavy atom. The maximum Gasteiger partial charge on any atom is 0.225 e. The molecule has 0 aliphatic carbocycles. The van der Waals surface area contributed by atoms with Gasteiger partial charge < -0.3 is 14.4 Å². The third kappa shape index (κ3) is 3.10. The summed E-state index contributed by atoms with van der Waals surface area (Å²) >= 11 is 0. The number of rotatable bonds is 5. The van der Waals surface area contributed by atoms with Gasteiger partial charge in [-0.2, -0.15) is 0 Å². The van der Waals surface area contributed by atoms with Crippen molar-refractivity contribution in [2.45, 2.75) is 43.9 Å². The summed E-state index contributed by atoms with van der Waals surface area (Å²) in [7, 11) is 1.68. The Hall–Kier alpha value is -2.33. The molecule has 2 aliphatic rings. The molecule has 136 valence electrons. The molecule has 0 saturated carbocycles. The second-order valence-electron chi connectivity index (χ2n) is 7.15. The van der Waals surface area contributed by atoms with E-state index in [1.54, 1.807) is 7.11 Å². The Morgan fingerprint density at radius 1 is 1.19 bits per heavy atom. The number of hydrogen-bond donors (Lipinski definition) is 0. The average Bonchev–Trinajstić information content (AvgIpc) is 3.09. The summed E-state index contributed by atoms with van der Waals surface area (Å²) in [5, 5.41) is 0. The smallest absolute Gasteiger partial charge is 0.225 e. The number of hydrogen-bond acceptors (Lipinski definition) is 3. The largest absolute Gasteiger partial charge is 0.497 e. The van der Waals surface area contributed by atoms with E-state index in [1.807, 2.05) is 35.2 Å². The van der Waals surface area contributed by atoms with E-state index in [4.69, 9.17) is 9.47 Å². The molecule has 4 nitrogen and oxygen atoms in total. The van der Waals surface area contributed by atoms with Crippen LogP contribution < -0.4 is 4.74 Å². The number of methoxy groups -OCH3 is 1. The molecule has 2 saturated heterocycles. The van der Waals surface area contributed by atoms with E-state index >= 15 is 0 Å². The summed E-state index contributed by atoms with van der Waals surface area (Å²) < 4.78 is 11.7. The Labute approximate surface area is 154 Å². The summed E-state index contributed by atoms with van der Waals surface area (Å²) in [6, 6.07) is 18.4. The van der Waals surface area contributed by atoms with Crippen LogP contribution in [0.15, 0.2) is 54.6 Å². The zero-order valence-corrected chi connectivity index (χ0v) is 15.2. The molecule has 2 heterocycles. The minimum atomic E-state index is -0.473. The summed E-state index contributed by atoms with van der Waals surface area (Å²) in [5.41, 5.74) is 1.90. The second-order valence-corrected chi connectivity index (χ2v) is 7.15. The number of nitrogens with zero attached hydrogens (tertiary/aromatic N) is 1. The number of benzene rings is 2. The van der Waals surface area contributed by atoms with Crippen LogP contribution in [0.5, 0.6) is 5.75 Å². The fourth-order valence-electron chi connectivity index (χ4n) is 4.30. The van der Waals surface area contributed by atoms with E-state index in [0.29, 0.717) is 13.0 Å². The van der Waals surface area contributed by atoms with Crippen LogP contribution in [0, 0.1) is 0 Å². The molecule has 0 radical (unpaired) electrons. The van der Waals surface area contributed by atoms with E-state index in [9.17, 15) is 4.79 Å². The van der Waals surface area contributed by atoms with Gasteiger partial charge in [0.05, 0.1) is 19.8 Å². The van der Waals surface area contributed by atoms with Crippen LogP contribution >= 0.6 is 0 Å². The van der Waals surface area contributed by atoms with Gasteiger partial charge in [0.25, 0.3) is 0 Å². The van der Waals surface area contributed by atoms with Crippen molar-refractivity contribution in [2.75, 3.05) is 13.7 Å². The molecule has 0 N–H and O–H groups in total. The van der Waals surface area contributed by atoms with E-state index < -0.39 is 5.72 Å². The van der Waals surface area contributed by atoms with Crippen molar-refractivity contribution in [1.82, 2.24) is 4.90 Å². The SMILES string of the molecule is COc1cccc(CCC23CCCC(=O)N2[C@H](c2ccccc2)CO3)c1. The summed E-state index contributed by atoms with van der Waals surface area (Å²) in [6.07, 6.45) is 4.10. The first kappa shape index (κ1) is 17.1. The highest BCUT2D eigenvalue weighted by molar-refractivity contribution is 5.78. The molecule has 1 unspecified atom stereocenters. The van der Waals surface area contributed by atoms with Crippen molar-refractivity contribution in [2.24, 2.45) is 0 Å². The Morgan fingerprint density at radius 2 is 2.04 bits per heavy atom. The molecular weight excluding hydrogens is 326 g/mol. The highest BCUT2D eigenvalue weighted by atomic mass is 16.5. The van der Waals surface area contributed by atoms with Crippen LogP contribution in [0.4, 0.5) is 0 Å². The van der Waals surface area contributed by atoms with Crippen LogP contribution in [-0.2, 0) is 16.0 Å². The molecule has 2 aromatic rings. The normalized spacial score (nSPS) is 25.2. The van der Waals surface area contributed by atoms with Crippen LogP contribution in [0.2, 0.25) is 0 Å². The van der Waals surface area contributed by atoms with Gasteiger partial charge in [-0.3, -0.25) is 4.79 Å². The maximum atomic E-state index is 12.8. The molecule has 1 amide bonds. The van der Waals surface area contributed by atoms with Gasteiger partial charge in [-0.25, -0.2) is 0 Å². The third-order valence-corrected chi connectivity index (χ3v) is 5.61. The Balaban J connectivity index is 1.57. The zero-order valence-electron chi connectivity index (χ0n) is 15.2. The molecule has 4 rings (SSSR count). The molecule has 2 fully saturated rings. The van der Waals surface area contributed by atoms with Gasteiger partial charge in [0, 0.05) is 6.42 Å². The number of piperidine rings is 1. The monoisotopic (exact) mass is 351 g/mol. The average molecular weight is 351 g/mol. The molecule has 2 aromatic carbocycles.